The Morgan fingerprint density at radius 3 is 2.62 bits per heavy atom. The second-order valence-corrected chi connectivity index (χ2v) is 8.81. The fraction of sp³-hybridized carbons (Fsp3) is 0.174. The lowest BCUT2D eigenvalue weighted by atomic mass is 10.2. The number of aryl methyl sites for hydroxylation is 1. The van der Waals surface area contributed by atoms with Crippen LogP contribution in [0.1, 0.15) is 38.4 Å². The van der Waals surface area contributed by atoms with Crippen molar-refractivity contribution in [2.45, 2.75) is 19.8 Å². The summed E-state index contributed by atoms with van der Waals surface area (Å²) in [5.41, 5.74) is 2.15. The van der Waals surface area contributed by atoms with Crippen LogP contribution >= 0.6 is 22.9 Å². The lowest BCUT2D eigenvalue weighted by molar-refractivity contribution is -0.117. The van der Waals surface area contributed by atoms with E-state index in [1.807, 2.05) is 6.07 Å². The third-order valence-electron chi connectivity index (χ3n) is 5.03. The maximum absolute atomic E-state index is 13.2. The molecule has 0 bridgehead atoms. The van der Waals surface area contributed by atoms with E-state index in [2.05, 4.69) is 10.6 Å². The summed E-state index contributed by atoms with van der Waals surface area (Å²) in [5, 5.41) is 6.02. The van der Waals surface area contributed by atoms with Crippen molar-refractivity contribution in [2.24, 2.45) is 0 Å². The van der Waals surface area contributed by atoms with Gasteiger partial charge < -0.3 is 15.5 Å². The van der Waals surface area contributed by atoms with E-state index in [1.54, 1.807) is 36.1 Å². The van der Waals surface area contributed by atoms with Gasteiger partial charge in [0, 0.05) is 24.3 Å². The fourth-order valence-electron chi connectivity index (χ4n) is 3.48. The van der Waals surface area contributed by atoms with Gasteiger partial charge in [-0.2, -0.15) is 0 Å². The summed E-state index contributed by atoms with van der Waals surface area (Å²) in [6.45, 7) is 2.44. The van der Waals surface area contributed by atoms with Crippen molar-refractivity contribution < 1.29 is 18.8 Å². The molecule has 1 aromatic heterocycles. The first-order valence-corrected chi connectivity index (χ1v) is 11.1. The summed E-state index contributed by atoms with van der Waals surface area (Å²) in [7, 11) is 0. The predicted octanol–water partition coefficient (Wildman–Crippen LogP) is 5.48. The van der Waals surface area contributed by atoms with Gasteiger partial charge in [0.2, 0.25) is 5.91 Å². The van der Waals surface area contributed by atoms with Crippen molar-refractivity contribution in [1.82, 2.24) is 0 Å². The van der Waals surface area contributed by atoms with E-state index in [1.165, 1.54) is 6.07 Å². The van der Waals surface area contributed by atoms with Crippen LogP contribution in [-0.4, -0.2) is 24.3 Å². The first-order chi connectivity index (χ1) is 15.3. The average Bonchev–Trinajstić information content (AvgIpc) is 3.33. The zero-order chi connectivity index (χ0) is 22.8. The molecule has 1 saturated heterocycles. The van der Waals surface area contributed by atoms with Gasteiger partial charge in [-0.15, -0.1) is 11.3 Å². The van der Waals surface area contributed by atoms with E-state index in [0.717, 1.165) is 35.6 Å². The molecule has 0 aliphatic carbocycles. The number of rotatable bonds is 5. The normalized spacial score (nSPS) is 13.3. The number of hydrogen-bond acceptors (Lipinski definition) is 4. The topological polar surface area (TPSA) is 78.5 Å². The van der Waals surface area contributed by atoms with Crippen molar-refractivity contribution >= 4 is 57.0 Å². The first-order valence-electron chi connectivity index (χ1n) is 9.90. The number of halogens is 2. The minimum Gasteiger partial charge on any atom is -0.321 e. The minimum atomic E-state index is -0.532. The molecule has 2 N–H and O–H groups in total. The third-order valence-corrected chi connectivity index (χ3v) is 6.49. The molecular formula is C23H19ClFN3O3S. The van der Waals surface area contributed by atoms with Crippen LogP contribution in [0.4, 0.5) is 20.8 Å². The second-order valence-electron chi connectivity index (χ2n) is 7.35. The van der Waals surface area contributed by atoms with Crippen LogP contribution in [0.2, 0.25) is 5.02 Å². The number of benzene rings is 2. The van der Waals surface area contributed by atoms with Crippen LogP contribution in [-0.2, 0) is 4.79 Å². The molecule has 0 spiro atoms. The SMILES string of the molecule is Cc1cc(NC(=O)c2ccc(F)cc2Cl)sc1C(=O)Nc1cccc(N2CCCC2=O)c1. The van der Waals surface area contributed by atoms with E-state index in [-0.39, 0.29) is 22.4 Å². The van der Waals surface area contributed by atoms with Crippen molar-refractivity contribution in [3.8, 4) is 0 Å². The number of hydrogen-bond donors (Lipinski definition) is 2. The number of anilines is 3. The number of nitrogens with one attached hydrogen (secondary N) is 2. The molecule has 0 atom stereocenters. The molecule has 0 saturated carbocycles. The van der Waals surface area contributed by atoms with Crippen molar-refractivity contribution in [3.05, 3.63) is 75.4 Å². The molecule has 9 heteroatoms. The lowest BCUT2D eigenvalue weighted by Crippen LogP contribution is -2.23. The lowest BCUT2D eigenvalue weighted by Gasteiger charge is -2.16. The van der Waals surface area contributed by atoms with Crippen LogP contribution in [0, 0.1) is 12.7 Å². The summed E-state index contributed by atoms with van der Waals surface area (Å²) in [6.07, 6.45) is 1.35. The Morgan fingerprint density at radius 2 is 1.91 bits per heavy atom. The van der Waals surface area contributed by atoms with Crippen molar-refractivity contribution in [2.75, 3.05) is 22.1 Å². The largest absolute Gasteiger partial charge is 0.321 e. The molecule has 0 radical (unpaired) electrons. The molecule has 1 aliphatic heterocycles. The van der Waals surface area contributed by atoms with Crippen LogP contribution in [0.5, 0.6) is 0 Å². The van der Waals surface area contributed by atoms with E-state index in [0.29, 0.717) is 34.1 Å². The van der Waals surface area contributed by atoms with Crippen molar-refractivity contribution in [3.63, 3.8) is 0 Å². The highest BCUT2D eigenvalue weighted by Crippen LogP contribution is 2.30. The van der Waals surface area contributed by atoms with Gasteiger partial charge in [-0.05, 0) is 61.4 Å². The van der Waals surface area contributed by atoms with Gasteiger partial charge in [-0.25, -0.2) is 4.39 Å². The summed E-state index contributed by atoms with van der Waals surface area (Å²) < 4.78 is 13.2. The Bertz CT molecular complexity index is 1230. The Morgan fingerprint density at radius 1 is 1.09 bits per heavy atom. The van der Waals surface area contributed by atoms with Gasteiger partial charge in [0.05, 0.1) is 20.5 Å². The average molecular weight is 472 g/mol. The number of thiophene rings is 1. The quantitative estimate of drug-likeness (QED) is 0.517. The molecule has 4 rings (SSSR count). The molecule has 1 aliphatic rings. The van der Waals surface area contributed by atoms with Gasteiger partial charge in [0.25, 0.3) is 11.8 Å². The van der Waals surface area contributed by atoms with Gasteiger partial charge in [-0.1, -0.05) is 17.7 Å². The fourth-order valence-corrected chi connectivity index (χ4v) is 4.70. The molecule has 2 heterocycles. The number of nitrogens with zero attached hydrogens (tertiary/aromatic N) is 1. The summed E-state index contributed by atoms with van der Waals surface area (Å²) in [5.74, 6) is -1.27. The predicted molar refractivity (Wildman–Crippen MR) is 124 cm³/mol. The minimum absolute atomic E-state index is 0.00473. The molecule has 32 heavy (non-hydrogen) atoms. The Labute approximate surface area is 193 Å². The number of carbonyl (C=O) groups is 3. The monoisotopic (exact) mass is 471 g/mol. The molecule has 3 amide bonds. The van der Waals surface area contributed by atoms with Crippen LogP contribution < -0.4 is 15.5 Å². The maximum Gasteiger partial charge on any atom is 0.266 e. The Balaban J connectivity index is 1.47. The van der Waals surface area contributed by atoms with Gasteiger partial charge in [0.1, 0.15) is 5.82 Å². The van der Waals surface area contributed by atoms with Crippen LogP contribution in [0.15, 0.2) is 48.5 Å². The highest BCUT2D eigenvalue weighted by molar-refractivity contribution is 7.18. The van der Waals surface area contributed by atoms with E-state index in [4.69, 9.17) is 11.6 Å². The van der Waals surface area contributed by atoms with Gasteiger partial charge in [0.15, 0.2) is 0 Å². The zero-order valence-electron chi connectivity index (χ0n) is 17.1. The van der Waals surface area contributed by atoms with E-state index in [9.17, 15) is 18.8 Å². The highest BCUT2D eigenvalue weighted by Gasteiger charge is 2.22. The van der Waals surface area contributed by atoms with Crippen LogP contribution in [0.3, 0.4) is 0 Å². The maximum atomic E-state index is 13.2. The molecule has 164 valence electrons. The Kier molecular flexibility index (Phi) is 6.25. The summed E-state index contributed by atoms with van der Waals surface area (Å²) in [4.78, 5) is 39.4. The molecular weight excluding hydrogens is 453 g/mol. The molecule has 1 fully saturated rings. The Hall–Kier alpha value is -3.23. The highest BCUT2D eigenvalue weighted by atomic mass is 35.5. The number of carbonyl (C=O) groups excluding carboxylic acids is 3. The van der Waals surface area contributed by atoms with Gasteiger partial charge in [-0.3, -0.25) is 14.4 Å². The standard InChI is InChI=1S/C23H19ClFN3O3S/c1-13-10-19(27-22(30)17-8-7-14(25)11-18(17)24)32-21(13)23(31)26-15-4-2-5-16(12-15)28-9-3-6-20(28)29/h2,4-5,7-8,10-12H,3,6,9H2,1H3,(H,26,31)(H,27,30). The molecule has 0 unspecified atom stereocenters. The molecule has 6 nitrogen and oxygen atoms in total. The molecule has 3 aromatic rings. The van der Waals surface area contributed by atoms with Gasteiger partial charge >= 0.3 is 0 Å². The number of amides is 3. The summed E-state index contributed by atoms with van der Waals surface area (Å²) >= 11 is 7.07. The first kappa shape index (κ1) is 22.0. The molecule has 2 aromatic carbocycles. The summed E-state index contributed by atoms with van der Waals surface area (Å²) in [6, 6.07) is 12.4. The van der Waals surface area contributed by atoms with E-state index < -0.39 is 11.7 Å². The van der Waals surface area contributed by atoms with E-state index >= 15 is 0 Å². The zero-order valence-corrected chi connectivity index (χ0v) is 18.6. The van der Waals surface area contributed by atoms with Crippen molar-refractivity contribution in [1.29, 1.82) is 0 Å². The second kappa shape index (κ2) is 9.10. The smallest absolute Gasteiger partial charge is 0.266 e. The third kappa shape index (κ3) is 4.66. The van der Waals surface area contributed by atoms with Crippen LogP contribution in [0.25, 0.3) is 0 Å².